The molecule has 2 saturated carbocycles. The summed E-state index contributed by atoms with van der Waals surface area (Å²) in [5.74, 6) is 0.115. The highest BCUT2D eigenvalue weighted by molar-refractivity contribution is 5.95. The second-order valence-electron chi connectivity index (χ2n) is 6.59. The average Bonchev–Trinajstić information content (AvgIpc) is 3.48. The Morgan fingerprint density at radius 3 is 2.88 bits per heavy atom. The van der Waals surface area contributed by atoms with Gasteiger partial charge < -0.3 is 10.1 Å². The van der Waals surface area contributed by atoms with E-state index in [0.717, 1.165) is 24.8 Å². The van der Waals surface area contributed by atoms with Gasteiger partial charge in [-0.25, -0.2) is 0 Å². The highest BCUT2D eigenvalue weighted by atomic mass is 16.5. The molecule has 6 nitrogen and oxygen atoms in total. The van der Waals surface area contributed by atoms with Crippen LogP contribution in [0.5, 0.6) is 5.75 Å². The number of benzene rings is 1. The fourth-order valence-corrected chi connectivity index (χ4v) is 2.84. The molecule has 0 saturated heterocycles. The first-order valence-corrected chi connectivity index (χ1v) is 8.21. The Balaban J connectivity index is 1.38. The van der Waals surface area contributed by atoms with E-state index in [1.165, 1.54) is 0 Å². The zero-order valence-corrected chi connectivity index (χ0v) is 13.4. The standard InChI is InChI=1S/C18H19N3O3/c1-21-10-12(9-19-21)15-8-16(15)18(23)24-14-4-2-3-11(7-14)17(22)20-13-5-6-13/h2-4,7,9-10,13,15-16H,5-6,8H2,1H3,(H,20,22)/t15-,16+/m1/s1. The van der Waals surface area contributed by atoms with Gasteiger partial charge in [-0.05, 0) is 43.0 Å². The summed E-state index contributed by atoms with van der Waals surface area (Å²) in [5, 5.41) is 7.06. The molecule has 124 valence electrons. The van der Waals surface area contributed by atoms with Crippen molar-refractivity contribution < 1.29 is 14.3 Å². The smallest absolute Gasteiger partial charge is 0.314 e. The van der Waals surface area contributed by atoms with Gasteiger partial charge in [-0.2, -0.15) is 5.10 Å². The van der Waals surface area contributed by atoms with Gasteiger partial charge in [0.15, 0.2) is 0 Å². The molecule has 0 spiro atoms. The van der Waals surface area contributed by atoms with Crippen LogP contribution in [0.3, 0.4) is 0 Å². The van der Waals surface area contributed by atoms with Crippen LogP contribution in [0.15, 0.2) is 36.7 Å². The monoisotopic (exact) mass is 325 g/mol. The highest BCUT2D eigenvalue weighted by Gasteiger charge is 2.46. The van der Waals surface area contributed by atoms with Crippen molar-refractivity contribution >= 4 is 11.9 Å². The molecule has 0 bridgehead atoms. The van der Waals surface area contributed by atoms with Crippen LogP contribution >= 0.6 is 0 Å². The van der Waals surface area contributed by atoms with Crippen LogP contribution in [0, 0.1) is 5.92 Å². The van der Waals surface area contributed by atoms with Crippen molar-refractivity contribution in [1.82, 2.24) is 15.1 Å². The number of amides is 1. The molecule has 2 aliphatic carbocycles. The summed E-state index contributed by atoms with van der Waals surface area (Å²) < 4.78 is 7.20. The molecular formula is C18H19N3O3. The molecular weight excluding hydrogens is 306 g/mol. The minimum atomic E-state index is -0.247. The number of carbonyl (C=O) groups excluding carboxylic acids is 2. The van der Waals surface area contributed by atoms with Gasteiger partial charge in [0.2, 0.25) is 0 Å². The summed E-state index contributed by atoms with van der Waals surface area (Å²) in [4.78, 5) is 24.3. The average molecular weight is 325 g/mol. The van der Waals surface area contributed by atoms with Crippen LogP contribution < -0.4 is 10.1 Å². The Morgan fingerprint density at radius 1 is 1.33 bits per heavy atom. The number of ether oxygens (including phenoxy) is 1. The molecule has 1 amide bonds. The number of nitrogens with zero attached hydrogens (tertiary/aromatic N) is 2. The van der Waals surface area contributed by atoms with E-state index in [1.807, 2.05) is 13.2 Å². The minimum Gasteiger partial charge on any atom is -0.426 e. The van der Waals surface area contributed by atoms with E-state index in [2.05, 4.69) is 10.4 Å². The van der Waals surface area contributed by atoms with Gasteiger partial charge in [0.1, 0.15) is 5.75 Å². The van der Waals surface area contributed by atoms with E-state index in [9.17, 15) is 9.59 Å². The molecule has 2 fully saturated rings. The molecule has 0 radical (unpaired) electrons. The van der Waals surface area contributed by atoms with Crippen LogP contribution in [0.2, 0.25) is 0 Å². The first-order valence-electron chi connectivity index (χ1n) is 8.21. The fourth-order valence-electron chi connectivity index (χ4n) is 2.84. The third-order valence-electron chi connectivity index (χ3n) is 4.47. The summed E-state index contributed by atoms with van der Waals surface area (Å²) in [6.45, 7) is 0. The van der Waals surface area contributed by atoms with Gasteiger partial charge in [0.05, 0.1) is 12.1 Å². The molecule has 2 aromatic rings. The van der Waals surface area contributed by atoms with Crippen LogP contribution in [0.25, 0.3) is 0 Å². The Hall–Kier alpha value is -2.63. The molecule has 6 heteroatoms. The first-order chi connectivity index (χ1) is 11.6. The highest BCUT2D eigenvalue weighted by Crippen LogP contribution is 2.48. The van der Waals surface area contributed by atoms with Gasteiger partial charge in [-0.3, -0.25) is 14.3 Å². The van der Waals surface area contributed by atoms with Crippen LogP contribution in [-0.4, -0.2) is 27.7 Å². The predicted molar refractivity (Wildman–Crippen MR) is 86.6 cm³/mol. The maximum absolute atomic E-state index is 12.3. The number of hydrogen-bond acceptors (Lipinski definition) is 4. The Bertz CT molecular complexity index is 794. The van der Waals surface area contributed by atoms with Crippen molar-refractivity contribution in [2.45, 2.75) is 31.2 Å². The lowest BCUT2D eigenvalue weighted by molar-refractivity contribution is -0.135. The third kappa shape index (κ3) is 3.18. The number of esters is 1. The van der Waals surface area contributed by atoms with Crippen LogP contribution in [0.4, 0.5) is 0 Å². The normalized spacial score (nSPS) is 22.0. The molecule has 2 aliphatic rings. The molecule has 0 aliphatic heterocycles. The number of rotatable bonds is 5. The number of hydrogen-bond donors (Lipinski definition) is 1. The fraction of sp³-hybridized carbons (Fsp3) is 0.389. The largest absolute Gasteiger partial charge is 0.426 e. The molecule has 1 heterocycles. The van der Waals surface area contributed by atoms with Crippen LogP contribution in [-0.2, 0) is 11.8 Å². The number of nitrogens with one attached hydrogen (secondary N) is 1. The molecule has 2 atom stereocenters. The summed E-state index contributed by atoms with van der Waals surface area (Å²) in [6.07, 6.45) is 6.59. The zero-order chi connectivity index (χ0) is 16.7. The Labute approximate surface area is 139 Å². The third-order valence-corrected chi connectivity index (χ3v) is 4.47. The van der Waals surface area contributed by atoms with Gasteiger partial charge >= 0.3 is 5.97 Å². The topological polar surface area (TPSA) is 73.2 Å². The summed E-state index contributed by atoms with van der Waals surface area (Å²) >= 11 is 0. The first kappa shape index (κ1) is 14.9. The maximum Gasteiger partial charge on any atom is 0.314 e. The second kappa shape index (κ2) is 5.78. The van der Waals surface area contributed by atoms with E-state index in [-0.39, 0.29) is 23.7 Å². The van der Waals surface area contributed by atoms with E-state index in [1.54, 1.807) is 35.1 Å². The number of aryl methyl sites for hydroxylation is 1. The van der Waals surface area contributed by atoms with E-state index in [0.29, 0.717) is 17.4 Å². The zero-order valence-electron chi connectivity index (χ0n) is 13.4. The predicted octanol–water partition coefficient (Wildman–Crippen LogP) is 2.02. The van der Waals surface area contributed by atoms with Crippen molar-refractivity contribution in [1.29, 1.82) is 0 Å². The lowest BCUT2D eigenvalue weighted by atomic mass is 10.2. The van der Waals surface area contributed by atoms with Gasteiger partial charge in [-0.15, -0.1) is 0 Å². The summed E-state index contributed by atoms with van der Waals surface area (Å²) in [6, 6.07) is 7.08. The molecule has 1 N–H and O–H groups in total. The summed E-state index contributed by atoms with van der Waals surface area (Å²) in [7, 11) is 1.86. The van der Waals surface area contributed by atoms with Crippen molar-refractivity contribution in [2.75, 3.05) is 0 Å². The maximum atomic E-state index is 12.3. The molecule has 4 rings (SSSR count). The minimum absolute atomic E-state index is 0.116. The lowest BCUT2D eigenvalue weighted by Crippen LogP contribution is -2.25. The number of carbonyl (C=O) groups is 2. The Morgan fingerprint density at radius 2 is 2.17 bits per heavy atom. The van der Waals surface area contributed by atoms with Crippen LogP contribution in [0.1, 0.15) is 41.1 Å². The van der Waals surface area contributed by atoms with E-state index in [4.69, 9.17) is 4.74 Å². The molecule has 1 aromatic heterocycles. The Kier molecular flexibility index (Phi) is 3.59. The second-order valence-corrected chi connectivity index (χ2v) is 6.59. The van der Waals surface area contributed by atoms with E-state index >= 15 is 0 Å². The number of aromatic nitrogens is 2. The quantitative estimate of drug-likeness (QED) is 0.674. The lowest BCUT2D eigenvalue weighted by Gasteiger charge is -2.07. The summed E-state index contributed by atoms with van der Waals surface area (Å²) in [5.41, 5.74) is 1.59. The SMILES string of the molecule is Cn1cc([C@H]2C[C@@H]2C(=O)Oc2cccc(C(=O)NC3CC3)c2)cn1. The molecule has 0 unspecified atom stereocenters. The van der Waals surface area contributed by atoms with Crippen molar-refractivity contribution in [3.05, 3.63) is 47.8 Å². The van der Waals surface area contributed by atoms with Gasteiger partial charge in [-0.1, -0.05) is 6.07 Å². The van der Waals surface area contributed by atoms with Gasteiger partial charge in [0.25, 0.3) is 5.91 Å². The molecule has 1 aromatic carbocycles. The van der Waals surface area contributed by atoms with Crippen molar-refractivity contribution in [3.63, 3.8) is 0 Å². The molecule has 24 heavy (non-hydrogen) atoms. The van der Waals surface area contributed by atoms with Gasteiger partial charge in [0, 0.05) is 30.8 Å². The van der Waals surface area contributed by atoms with Crippen molar-refractivity contribution in [3.8, 4) is 5.75 Å². The van der Waals surface area contributed by atoms with Crippen molar-refractivity contribution in [2.24, 2.45) is 13.0 Å². The van der Waals surface area contributed by atoms with E-state index < -0.39 is 0 Å².